The molecule has 8 saturated carbocycles. The molecule has 8 rings (SSSR count). The molecule has 8 aliphatic carbocycles. The first-order chi connectivity index (χ1) is 26.8. The zero-order valence-corrected chi connectivity index (χ0v) is 35.6. The Bertz CT molecular complexity index is 961. The predicted molar refractivity (Wildman–Crippen MR) is 232 cm³/mol. The smallest absolute Gasteiger partial charge is 0.0102 e. The Labute approximate surface area is 335 Å². The molecule has 0 aliphatic heterocycles. The van der Waals surface area contributed by atoms with Gasteiger partial charge < -0.3 is 0 Å². The third-order valence-electron chi connectivity index (χ3n) is 17.9. The molecule has 306 valence electrons. The van der Waals surface area contributed by atoms with Crippen molar-refractivity contribution in [2.75, 3.05) is 0 Å². The van der Waals surface area contributed by atoms with Gasteiger partial charge in [-0.05, 0) is 190 Å². The second-order valence-electron chi connectivity index (χ2n) is 21.3. The third kappa shape index (κ3) is 10.9. The number of nitrogens with zero attached hydrogens (tertiary/aromatic N) is 2. The Morgan fingerprint density at radius 1 is 0.204 bits per heavy atom. The molecule has 0 aromatic carbocycles. The lowest BCUT2D eigenvalue weighted by Gasteiger charge is -2.48. The zero-order valence-electron chi connectivity index (χ0n) is 35.6. The van der Waals surface area contributed by atoms with Crippen molar-refractivity contribution in [3.05, 3.63) is 24.3 Å². The van der Waals surface area contributed by atoms with Crippen LogP contribution in [0.1, 0.15) is 231 Å². The standard InChI is InChI=1S/C52H88N2/c1-5-13-47(14-6-1)53(48-15-7-2-8-16-48)51-37-29-43(30-38-51)23-21-41-25-33-45(34-26-41)46-35-27-42(28-36-46)22-24-44-31-39-52(40-32-44)54(49-17-9-3-10-18-49)50-19-11-4-12-20-50/h21-24,41-52H,1-20,25-40H2. The van der Waals surface area contributed by atoms with Crippen LogP contribution in [0.5, 0.6) is 0 Å². The zero-order chi connectivity index (χ0) is 36.4. The number of hydrogen-bond donors (Lipinski definition) is 0. The van der Waals surface area contributed by atoms with Gasteiger partial charge in [0.1, 0.15) is 0 Å². The molecule has 2 heteroatoms. The molecule has 54 heavy (non-hydrogen) atoms. The van der Waals surface area contributed by atoms with Crippen LogP contribution in [0.3, 0.4) is 0 Å². The fourth-order valence-electron chi connectivity index (χ4n) is 14.7. The molecule has 0 heterocycles. The largest absolute Gasteiger partial charge is 0.294 e. The summed E-state index contributed by atoms with van der Waals surface area (Å²) >= 11 is 0. The Morgan fingerprint density at radius 3 is 0.648 bits per heavy atom. The maximum atomic E-state index is 3.16. The van der Waals surface area contributed by atoms with Crippen molar-refractivity contribution in [1.82, 2.24) is 9.80 Å². The van der Waals surface area contributed by atoms with Crippen LogP contribution in [-0.4, -0.2) is 46.1 Å². The van der Waals surface area contributed by atoms with Gasteiger partial charge in [0.05, 0.1) is 0 Å². The summed E-state index contributed by atoms with van der Waals surface area (Å²) < 4.78 is 0. The summed E-state index contributed by atoms with van der Waals surface area (Å²) in [5, 5.41) is 0. The van der Waals surface area contributed by atoms with Gasteiger partial charge in [-0.2, -0.15) is 0 Å². The highest BCUT2D eigenvalue weighted by Crippen LogP contribution is 2.44. The van der Waals surface area contributed by atoms with Crippen molar-refractivity contribution in [3.63, 3.8) is 0 Å². The Balaban J connectivity index is 0.721. The molecule has 2 nitrogen and oxygen atoms in total. The molecule has 8 aliphatic rings. The van der Waals surface area contributed by atoms with Gasteiger partial charge in [-0.25, -0.2) is 0 Å². The van der Waals surface area contributed by atoms with Gasteiger partial charge >= 0.3 is 0 Å². The highest BCUT2D eigenvalue weighted by molar-refractivity contribution is 5.01. The summed E-state index contributed by atoms with van der Waals surface area (Å²) in [6.07, 6.45) is 64.6. The van der Waals surface area contributed by atoms with E-state index in [0.717, 1.165) is 71.8 Å². The molecule has 0 aromatic rings. The van der Waals surface area contributed by atoms with Crippen molar-refractivity contribution in [1.29, 1.82) is 0 Å². The van der Waals surface area contributed by atoms with E-state index in [-0.39, 0.29) is 0 Å². The van der Waals surface area contributed by atoms with Crippen LogP contribution in [0, 0.1) is 35.5 Å². The summed E-state index contributed by atoms with van der Waals surface area (Å²) in [6, 6.07) is 5.48. The minimum Gasteiger partial charge on any atom is -0.294 e. The first-order valence-corrected chi connectivity index (χ1v) is 25.7. The van der Waals surface area contributed by atoms with Gasteiger partial charge in [0.2, 0.25) is 0 Å². The summed E-state index contributed by atoms with van der Waals surface area (Å²) in [7, 11) is 0. The molecule has 0 amide bonds. The van der Waals surface area contributed by atoms with Crippen molar-refractivity contribution < 1.29 is 0 Å². The van der Waals surface area contributed by atoms with Crippen molar-refractivity contribution in [2.24, 2.45) is 35.5 Å². The SMILES string of the molecule is C(=CC1CCC(N(C2CCCCC2)C2CCCCC2)CC1)C1CCC(C2CCC(C=CC3CCC(N(C4CCCCC4)C4CCCCC4)CC3)CC2)CC1. The highest BCUT2D eigenvalue weighted by atomic mass is 15.2. The third-order valence-corrected chi connectivity index (χ3v) is 17.9. The van der Waals surface area contributed by atoms with Crippen LogP contribution >= 0.6 is 0 Å². The van der Waals surface area contributed by atoms with Crippen molar-refractivity contribution in [2.45, 2.75) is 267 Å². The van der Waals surface area contributed by atoms with E-state index in [9.17, 15) is 0 Å². The van der Waals surface area contributed by atoms with E-state index >= 15 is 0 Å². The van der Waals surface area contributed by atoms with Crippen LogP contribution in [-0.2, 0) is 0 Å². The van der Waals surface area contributed by atoms with Gasteiger partial charge in [0.25, 0.3) is 0 Å². The highest BCUT2D eigenvalue weighted by Gasteiger charge is 2.38. The topological polar surface area (TPSA) is 6.48 Å². The fraction of sp³-hybridized carbons (Fsp3) is 0.923. The second-order valence-corrected chi connectivity index (χ2v) is 21.3. The van der Waals surface area contributed by atoms with Crippen LogP contribution in [0.25, 0.3) is 0 Å². The summed E-state index contributed by atoms with van der Waals surface area (Å²) in [5.41, 5.74) is 0. The first kappa shape index (κ1) is 40.2. The van der Waals surface area contributed by atoms with Gasteiger partial charge in [-0.1, -0.05) is 101 Å². The van der Waals surface area contributed by atoms with Crippen LogP contribution < -0.4 is 0 Å². The number of hydrogen-bond acceptors (Lipinski definition) is 2. The van der Waals surface area contributed by atoms with E-state index in [4.69, 9.17) is 0 Å². The molecule has 0 bridgehead atoms. The maximum Gasteiger partial charge on any atom is 0.0102 e. The Hall–Kier alpha value is -0.600. The lowest BCUT2D eigenvalue weighted by molar-refractivity contribution is 0.0181. The fourth-order valence-corrected chi connectivity index (χ4v) is 14.7. The van der Waals surface area contributed by atoms with E-state index in [1.165, 1.54) is 231 Å². The molecule has 0 atom stereocenters. The normalized spacial score (nSPS) is 38.2. The van der Waals surface area contributed by atoms with Crippen LogP contribution in [0.15, 0.2) is 24.3 Å². The van der Waals surface area contributed by atoms with E-state index in [1.54, 1.807) is 0 Å². The van der Waals surface area contributed by atoms with Crippen LogP contribution in [0.4, 0.5) is 0 Å². The number of allylic oxidation sites excluding steroid dienone is 4. The minimum atomic E-state index is 0.870. The molecule has 8 fully saturated rings. The molecule has 0 radical (unpaired) electrons. The minimum absolute atomic E-state index is 0.870. The lowest BCUT2D eigenvalue weighted by Crippen LogP contribution is -2.51. The summed E-state index contributed by atoms with van der Waals surface area (Å²) in [6.45, 7) is 0. The molecule has 0 N–H and O–H groups in total. The van der Waals surface area contributed by atoms with Gasteiger partial charge in [0.15, 0.2) is 0 Å². The molecule has 0 spiro atoms. The van der Waals surface area contributed by atoms with E-state index in [2.05, 4.69) is 34.1 Å². The van der Waals surface area contributed by atoms with E-state index in [1.807, 2.05) is 0 Å². The summed E-state index contributed by atoms with van der Waals surface area (Å²) in [5.74, 6) is 5.57. The maximum absolute atomic E-state index is 3.16. The Kier molecular flexibility index (Phi) is 15.6. The van der Waals surface area contributed by atoms with Gasteiger partial charge in [-0.15, -0.1) is 0 Å². The van der Waals surface area contributed by atoms with E-state index < -0.39 is 0 Å². The molecule has 0 saturated heterocycles. The molecular formula is C52H88N2. The van der Waals surface area contributed by atoms with Crippen LogP contribution in [0.2, 0.25) is 0 Å². The molecule has 0 unspecified atom stereocenters. The average molecular weight is 741 g/mol. The van der Waals surface area contributed by atoms with Crippen molar-refractivity contribution in [3.8, 4) is 0 Å². The van der Waals surface area contributed by atoms with E-state index in [0.29, 0.717) is 0 Å². The quantitative estimate of drug-likeness (QED) is 0.195. The van der Waals surface area contributed by atoms with Gasteiger partial charge in [0, 0.05) is 36.3 Å². The number of rotatable bonds is 11. The average Bonchev–Trinajstić information content (AvgIpc) is 3.25. The molecular weight excluding hydrogens is 653 g/mol. The Morgan fingerprint density at radius 2 is 0.407 bits per heavy atom. The van der Waals surface area contributed by atoms with Crippen molar-refractivity contribution >= 4 is 0 Å². The monoisotopic (exact) mass is 741 g/mol. The lowest BCUT2D eigenvalue weighted by atomic mass is 9.69. The predicted octanol–water partition coefficient (Wildman–Crippen LogP) is 14.8. The molecule has 0 aromatic heterocycles. The second kappa shape index (κ2) is 20.9. The summed E-state index contributed by atoms with van der Waals surface area (Å²) in [4.78, 5) is 6.33. The first-order valence-electron chi connectivity index (χ1n) is 25.7. The van der Waals surface area contributed by atoms with Gasteiger partial charge in [-0.3, -0.25) is 9.80 Å².